The lowest BCUT2D eigenvalue weighted by Crippen LogP contribution is -2.02. The zero-order valence-electron chi connectivity index (χ0n) is 37.8. The van der Waals surface area contributed by atoms with Crippen LogP contribution in [0.15, 0.2) is 237 Å². The molecule has 0 saturated heterocycles. The van der Waals surface area contributed by atoms with Gasteiger partial charge in [0.15, 0.2) is 0 Å². The number of rotatable bonds is 8. The number of hydrogen-bond donors (Lipinski definition) is 0. The minimum Gasteiger partial charge on any atom is -0.319 e. The summed E-state index contributed by atoms with van der Waals surface area (Å²) >= 11 is 0. The molecule has 68 heavy (non-hydrogen) atoms. The molecule has 322 valence electrons. The van der Waals surface area contributed by atoms with Gasteiger partial charge in [-0.25, -0.2) is 0 Å². The summed E-state index contributed by atoms with van der Waals surface area (Å²) in [5, 5.41) is 10.5. The van der Waals surface area contributed by atoms with E-state index in [0.717, 1.165) is 44.2 Å². The number of nitrogens with zero attached hydrogens (tertiary/aromatic N) is 2. The van der Waals surface area contributed by atoms with E-state index in [1.165, 1.54) is 82.0 Å². The van der Waals surface area contributed by atoms with Gasteiger partial charge in [0.25, 0.3) is 0 Å². The Morgan fingerprint density at radius 3 is 1.04 bits per heavy atom. The van der Waals surface area contributed by atoms with Crippen molar-refractivity contribution in [3.63, 3.8) is 0 Å². The molecule has 3 nitrogen and oxygen atoms in total. The van der Waals surface area contributed by atoms with Gasteiger partial charge in [-0.2, -0.15) is 0 Å². The molecule has 0 aliphatic carbocycles. The molecule has 0 radical (unpaired) electrons. The summed E-state index contributed by atoms with van der Waals surface area (Å²) in [5.74, 6) is 0. The SMILES string of the molecule is CP(C)(=O)c1cccc(-c2ccc3c(-c4ccc(-c5ccc(-c6ccncc6)c6ccccc56)cc4)c4ccccc4c(-c4ccc(-c5ccc(-c6ccncc6)c6ccccc56)cc4)c3c2)c1. The van der Waals surface area contributed by atoms with Crippen LogP contribution in [0.1, 0.15) is 0 Å². The van der Waals surface area contributed by atoms with Crippen molar-refractivity contribution in [3.8, 4) is 77.9 Å². The summed E-state index contributed by atoms with van der Waals surface area (Å²) in [6.45, 7) is 3.69. The molecule has 0 atom stereocenters. The zero-order chi connectivity index (χ0) is 45.8. The van der Waals surface area contributed by atoms with Crippen molar-refractivity contribution in [2.24, 2.45) is 0 Å². The lowest BCUT2D eigenvalue weighted by molar-refractivity contribution is 0.588. The molecule has 4 heteroatoms. The summed E-state index contributed by atoms with van der Waals surface area (Å²) in [5.41, 5.74) is 16.3. The predicted molar refractivity (Wildman–Crippen MR) is 289 cm³/mol. The van der Waals surface area contributed by atoms with Crippen molar-refractivity contribution >= 4 is 55.5 Å². The molecule has 0 spiro atoms. The third-order valence-electron chi connectivity index (χ3n) is 13.6. The molecule has 0 saturated carbocycles. The Morgan fingerprint density at radius 2 is 0.618 bits per heavy atom. The van der Waals surface area contributed by atoms with Gasteiger partial charge in [-0.05, 0) is 171 Å². The molecule has 2 heterocycles. The third kappa shape index (κ3) is 7.29. The van der Waals surface area contributed by atoms with Crippen LogP contribution < -0.4 is 5.30 Å². The molecule has 12 rings (SSSR count). The topological polar surface area (TPSA) is 42.9 Å². The highest BCUT2D eigenvalue weighted by atomic mass is 31.2. The molecule has 0 aliphatic rings. The van der Waals surface area contributed by atoms with Gasteiger partial charge in [-0.15, -0.1) is 0 Å². The summed E-state index contributed by atoms with van der Waals surface area (Å²) < 4.78 is 13.3. The van der Waals surface area contributed by atoms with E-state index < -0.39 is 7.14 Å². The molecule has 2 aromatic heterocycles. The van der Waals surface area contributed by atoms with Crippen LogP contribution in [0.25, 0.3) is 121 Å². The fraction of sp³-hybridized carbons (Fsp3) is 0.0312. The average molecular weight is 889 g/mol. The highest BCUT2D eigenvalue weighted by Crippen LogP contribution is 2.47. The molecule has 0 bridgehead atoms. The predicted octanol–water partition coefficient (Wildman–Crippen LogP) is 17.0. The quantitative estimate of drug-likeness (QED) is 0.113. The summed E-state index contributed by atoms with van der Waals surface area (Å²) in [7, 11) is -2.48. The molecule has 12 aromatic rings. The minimum absolute atomic E-state index is 0.881. The van der Waals surface area contributed by atoms with Gasteiger partial charge in [0.1, 0.15) is 7.14 Å². The first-order valence-corrected chi connectivity index (χ1v) is 25.7. The van der Waals surface area contributed by atoms with Crippen molar-refractivity contribution in [1.29, 1.82) is 0 Å². The minimum atomic E-state index is -2.48. The van der Waals surface area contributed by atoms with Crippen molar-refractivity contribution in [2.45, 2.75) is 0 Å². The molecule has 0 unspecified atom stereocenters. The van der Waals surface area contributed by atoms with E-state index in [-0.39, 0.29) is 0 Å². The van der Waals surface area contributed by atoms with Gasteiger partial charge in [0.05, 0.1) is 0 Å². The van der Waals surface area contributed by atoms with Gasteiger partial charge in [0, 0.05) is 30.1 Å². The van der Waals surface area contributed by atoms with Crippen molar-refractivity contribution < 1.29 is 4.57 Å². The summed E-state index contributed by atoms with van der Waals surface area (Å²) in [6.07, 6.45) is 7.42. The first kappa shape index (κ1) is 41.2. The Hall–Kier alpha value is -8.23. The van der Waals surface area contributed by atoms with Gasteiger partial charge >= 0.3 is 0 Å². The van der Waals surface area contributed by atoms with Crippen LogP contribution in [0, 0.1) is 0 Å². The first-order chi connectivity index (χ1) is 33.4. The summed E-state index contributed by atoms with van der Waals surface area (Å²) in [4.78, 5) is 8.52. The Balaban J connectivity index is 1.02. The maximum Gasteiger partial charge on any atom is 0.109 e. The highest BCUT2D eigenvalue weighted by molar-refractivity contribution is 7.70. The van der Waals surface area contributed by atoms with E-state index in [9.17, 15) is 4.57 Å². The standard InChI is InChI=1S/C64H45N2OP/c1-68(2,67)50-11-9-10-48(40-50)49-26-27-61-62(41-49)64(47-24-20-43(21-25-47)52-29-31-54(45-34-38-66-39-35-45)58-15-6-4-13-56(52)58)60-17-8-7-16-59(60)63(61)46-22-18-42(19-23-46)51-28-30-53(44-32-36-65-37-33-44)57-14-5-3-12-55(51)57/h3-41H,1-2H3. The Labute approximate surface area is 396 Å². The van der Waals surface area contributed by atoms with E-state index in [4.69, 9.17) is 0 Å². The fourth-order valence-corrected chi connectivity index (χ4v) is 11.2. The molecular formula is C64H45N2OP. The van der Waals surface area contributed by atoms with E-state index in [1.54, 1.807) is 0 Å². The number of pyridine rings is 2. The van der Waals surface area contributed by atoms with Crippen LogP contribution in [0.3, 0.4) is 0 Å². The molecule has 0 N–H and O–H groups in total. The third-order valence-corrected chi connectivity index (χ3v) is 15.1. The molecular weight excluding hydrogens is 844 g/mol. The van der Waals surface area contributed by atoms with Crippen LogP contribution in [0.5, 0.6) is 0 Å². The monoisotopic (exact) mass is 888 g/mol. The van der Waals surface area contributed by atoms with E-state index in [1.807, 2.05) is 50.2 Å². The van der Waals surface area contributed by atoms with Crippen LogP contribution in [-0.2, 0) is 4.57 Å². The van der Waals surface area contributed by atoms with Gasteiger partial charge in [0.2, 0.25) is 0 Å². The zero-order valence-corrected chi connectivity index (χ0v) is 38.7. The Bertz CT molecular complexity index is 3930. The van der Waals surface area contributed by atoms with E-state index in [0.29, 0.717) is 0 Å². The summed E-state index contributed by atoms with van der Waals surface area (Å²) in [6, 6.07) is 76.9. The largest absolute Gasteiger partial charge is 0.319 e. The fourth-order valence-electron chi connectivity index (χ4n) is 10.3. The lowest BCUT2D eigenvalue weighted by Gasteiger charge is -2.20. The maximum absolute atomic E-state index is 13.3. The van der Waals surface area contributed by atoms with Crippen LogP contribution in [0.2, 0.25) is 0 Å². The number of fused-ring (bicyclic) bond motifs is 4. The molecule has 10 aromatic carbocycles. The smallest absolute Gasteiger partial charge is 0.109 e. The van der Waals surface area contributed by atoms with Crippen molar-refractivity contribution in [1.82, 2.24) is 9.97 Å². The second-order valence-electron chi connectivity index (χ2n) is 18.0. The molecule has 0 amide bonds. The molecule has 0 aliphatic heterocycles. The first-order valence-electron chi connectivity index (χ1n) is 23.1. The van der Waals surface area contributed by atoms with E-state index in [2.05, 4.69) is 210 Å². The lowest BCUT2D eigenvalue weighted by atomic mass is 9.84. The van der Waals surface area contributed by atoms with Crippen LogP contribution in [0.4, 0.5) is 0 Å². The van der Waals surface area contributed by atoms with Crippen LogP contribution in [-0.4, -0.2) is 23.3 Å². The second-order valence-corrected chi connectivity index (χ2v) is 21.2. The van der Waals surface area contributed by atoms with Gasteiger partial charge in [-0.3, -0.25) is 9.97 Å². The Morgan fingerprint density at radius 1 is 0.279 bits per heavy atom. The second kappa shape index (κ2) is 16.9. The van der Waals surface area contributed by atoms with Gasteiger partial charge in [-0.1, -0.05) is 176 Å². The van der Waals surface area contributed by atoms with Gasteiger partial charge < -0.3 is 4.57 Å². The number of benzene rings is 10. The van der Waals surface area contributed by atoms with Crippen LogP contribution >= 0.6 is 7.14 Å². The highest BCUT2D eigenvalue weighted by Gasteiger charge is 2.20. The van der Waals surface area contributed by atoms with Crippen molar-refractivity contribution in [3.05, 3.63) is 237 Å². The van der Waals surface area contributed by atoms with E-state index >= 15 is 0 Å². The normalized spacial score (nSPS) is 11.7. The average Bonchev–Trinajstić information content (AvgIpc) is 3.40. The van der Waals surface area contributed by atoms with Crippen molar-refractivity contribution in [2.75, 3.05) is 13.3 Å². The molecule has 0 fully saturated rings. The maximum atomic E-state index is 13.3. The number of hydrogen-bond acceptors (Lipinski definition) is 3. The number of aromatic nitrogens is 2. The Kier molecular flexibility index (Phi) is 10.2.